The Morgan fingerprint density at radius 3 is 2.45 bits per heavy atom. The van der Waals surface area contributed by atoms with E-state index in [1.807, 2.05) is 0 Å². The van der Waals surface area contributed by atoms with Crippen LogP contribution in [0.15, 0.2) is 9.59 Å². The summed E-state index contributed by atoms with van der Waals surface area (Å²) in [6.45, 7) is 0. The summed E-state index contributed by atoms with van der Waals surface area (Å²) in [4.78, 5) is 24.5. The van der Waals surface area contributed by atoms with Crippen molar-refractivity contribution in [3.8, 4) is 0 Å². The molecule has 0 bridgehead atoms. The number of aryl methyl sites for hydroxylation is 1. The second-order valence-corrected chi connectivity index (χ2v) is 6.11. The molecule has 1 N–H and O–H groups in total. The predicted octanol–water partition coefficient (Wildman–Crippen LogP) is 1.43. The highest BCUT2D eigenvalue weighted by Crippen LogP contribution is 2.28. The van der Waals surface area contributed by atoms with Crippen molar-refractivity contribution in [3.63, 3.8) is 0 Å². The molecule has 0 radical (unpaired) electrons. The van der Waals surface area contributed by atoms with Crippen LogP contribution in [-0.4, -0.2) is 25.4 Å². The van der Waals surface area contributed by atoms with Crippen LogP contribution in [0, 0.1) is 0 Å². The van der Waals surface area contributed by atoms with Crippen LogP contribution in [0.3, 0.4) is 0 Å². The van der Waals surface area contributed by atoms with Gasteiger partial charge in [0.15, 0.2) is 10.8 Å². The van der Waals surface area contributed by atoms with Gasteiger partial charge in [-0.2, -0.15) is 0 Å². The molecular weight excluding hydrogens is 306 g/mol. The van der Waals surface area contributed by atoms with E-state index in [1.54, 1.807) is 7.05 Å². The van der Waals surface area contributed by atoms with Gasteiger partial charge in [-0.3, -0.25) is 13.9 Å². The summed E-state index contributed by atoms with van der Waals surface area (Å²) in [5.74, 6) is 0. The number of hydrogen-bond donors (Lipinski definition) is 1. The van der Waals surface area contributed by atoms with Gasteiger partial charge in [0.2, 0.25) is 0 Å². The Morgan fingerprint density at radius 2 is 1.77 bits per heavy atom. The van der Waals surface area contributed by atoms with Crippen molar-refractivity contribution in [3.05, 3.63) is 26.0 Å². The highest BCUT2D eigenvalue weighted by atomic mass is 35.5. The molecule has 7 nitrogen and oxygen atoms in total. The Balaban J connectivity index is 2.22. The molecule has 0 amide bonds. The first-order chi connectivity index (χ1) is 10.5. The van der Waals surface area contributed by atoms with E-state index in [2.05, 4.69) is 15.5 Å². The Morgan fingerprint density at radius 1 is 1.09 bits per heavy atom. The summed E-state index contributed by atoms with van der Waals surface area (Å²) in [5.41, 5.74) is -0.114. The first-order valence-corrected chi connectivity index (χ1v) is 7.77. The van der Waals surface area contributed by atoms with Gasteiger partial charge in [0.05, 0.1) is 5.69 Å². The minimum Gasteiger partial charge on any atom is -0.379 e. The maximum atomic E-state index is 12.5. The first kappa shape index (κ1) is 15.0. The molecule has 8 heteroatoms. The minimum atomic E-state index is -0.433. The van der Waals surface area contributed by atoms with Gasteiger partial charge >= 0.3 is 5.69 Å². The van der Waals surface area contributed by atoms with Gasteiger partial charge in [-0.1, -0.05) is 30.9 Å². The Hall–Kier alpha value is -1.89. The molecular formula is C14H18ClN5O2. The number of nitrogens with one attached hydrogen (secondary N) is 1. The van der Waals surface area contributed by atoms with Crippen molar-refractivity contribution in [1.29, 1.82) is 0 Å². The van der Waals surface area contributed by atoms with Crippen LogP contribution >= 0.6 is 11.6 Å². The van der Waals surface area contributed by atoms with Crippen LogP contribution in [0.5, 0.6) is 0 Å². The topological polar surface area (TPSA) is 81.8 Å². The Kier molecular flexibility index (Phi) is 3.90. The van der Waals surface area contributed by atoms with Crippen LogP contribution in [0.25, 0.3) is 11.0 Å². The average molecular weight is 324 g/mol. The fourth-order valence-corrected chi connectivity index (χ4v) is 3.18. The number of aromatic nitrogens is 4. The Labute approximate surface area is 131 Å². The molecule has 3 rings (SSSR count). The fraction of sp³-hybridized carbons (Fsp3) is 0.571. The molecule has 2 aromatic heterocycles. The third-order valence-corrected chi connectivity index (χ3v) is 4.54. The zero-order chi connectivity index (χ0) is 15.9. The Bertz CT molecular complexity index is 836. The van der Waals surface area contributed by atoms with Crippen molar-refractivity contribution in [2.45, 2.75) is 38.1 Å². The molecule has 0 aromatic carbocycles. The van der Waals surface area contributed by atoms with Gasteiger partial charge in [-0.15, -0.1) is 10.2 Å². The maximum Gasteiger partial charge on any atom is 0.332 e. The van der Waals surface area contributed by atoms with E-state index in [0.29, 0.717) is 11.1 Å². The summed E-state index contributed by atoms with van der Waals surface area (Å²) < 4.78 is 2.37. The molecule has 1 aliphatic rings. The van der Waals surface area contributed by atoms with E-state index in [4.69, 9.17) is 11.6 Å². The molecule has 2 aromatic rings. The highest BCUT2D eigenvalue weighted by molar-refractivity contribution is 6.33. The zero-order valence-corrected chi connectivity index (χ0v) is 13.4. The second-order valence-electron chi connectivity index (χ2n) is 5.75. The van der Waals surface area contributed by atoms with Crippen molar-refractivity contribution < 1.29 is 0 Å². The van der Waals surface area contributed by atoms with E-state index in [1.165, 1.54) is 18.0 Å². The van der Waals surface area contributed by atoms with Gasteiger partial charge < -0.3 is 5.32 Å². The highest BCUT2D eigenvalue weighted by Gasteiger charge is 2.21. The largest absolute Gasteiger partial charge is 0.379 e. The van der Waals surface area contributed by atoms with Crippen molar-refractivity contribution in [2.24, 2.45) is 14.1 Å². The number of halogens is 1. The quantitative estimate of drug-likeness (QED) is 0.904. The molecule has 0 spiro atoms. The summed E-state index contributed by atoms with van der Waals surface area (Å²) >= 11 is 6.17. The van der Waals surface area contributed by atoms with Crippen LogP contribution in [-0.2, 0) is 14.1 Å². The van der Waals surface area contributed by atoms with Gasteiger partial charge in [0.25, 0.3) is 5.56 Å². The van der Waals surface area contributed by atoms with Crippen LogP contribution in [0.1, 0.15) is 32.1 Å². The van der Waals surface area contributed by atoms with Crippen LogP contribution in [0.4, 0.5) is 5.69 Å². The zero-order valence-electron chi connectivity index (χ0n) is 12.6. The number of rotatable bonds is 2. The van der Waals surface area contributed by atoms with Gasteiger partial charge in [-0.05, 0) is 12.8 Å². The summed E-state index contributed by atoms with van der Waals surface area (Å²) in [7, 11) is 3.01. The van der Waals surface area contributed by atoms with Gasteiger partial charge in [-0.25, -0.2) is 4.79 Å². The molecule has 1 fully saturated rings. The molecule has 0 saturated heterocycles. The van der Waals surface area contributed by atoms with Gasteiger partial charge in [0, 0.05) is 20.1 Å². The molecule has 0 aliphatic heterocycles. The summed E-state index contributed by atoms with van der Waals surface area (Å²) in [6, 6.07) is 0.264. The first-order valence-electron chi connectivity index (χ1n) is 7.39. The monoisotopic (exact) mass is 323 g/mol. The predicted molar refractivity (Wildman–Crippen MR) is 85.5 cm³/mol. The van der Waals surface area contributed by atoms with Crippen LogP contribution < -0.4 is 16.6 Å². The number of nitrogens with zero attached hydrogens (tertiary/aromatic N) is 4. The average Bonchev–Trinajstić information content (AvgIpc) is 2.53. The standard InChI is InChI=1S/C14H18ClN5O2/c1-19-12-9(13(21)20(2)14(19)22)10(11(15)17-18-12)16-8-6-4-3-5-7-8/h8H,3-7H2,1-2H3,(H,16,18). The third-order valence-electron chi connectivity index (χ3n) is 4.28. The molecule has 1 aliphatic carbocycles. The lowest BCUT2D eigenvalue weighted by atomic mass is 9.95. The third kappa shape index (κ3) is 2.39. The van der Waals surface area contributed by atoms with Crippen molar-refractivity contribution >= 4 is 28.3 Å². The number of fused-ring (bicyclic) bond motifs is 1. The minimum absolute atomic E-state index is 0.161. The fourth-order valence-electron chi connectivity index (χ4n) is 3.00. The number of hydrogen-bond acceptors (Lipinski definition) is 5. The molecule has 1 saturated carbocycles. The summed E-state index contributed by atoms with van der Waals surface area (Å²) in [5, 5.41) is 11.6. The van der Waals surface area contributed by atoms with Crippen molar-refractivity contribution in [1.82, 2.24) is 19.3 Å². The molecule has 0 atom stereocenters. The van der Waals surface area contributed by atoms with E-state index >= 15 is 0 Å². The molecule has 2 heterocycles. The van der Waals surface area contributed by atoms with E-state index < -0.39 is 11.2 Å². The molecule has 118 valence electrons. The smallest absolute Gasteiger partial charge is 0.332 e. The van der Waals surface area contributed by atoms with E-state index in [9.17, 15) is 9.59 Å². The molecule has 0 unspecified atom stereocenters. The number of anilines is 1. The van der Waals surface area contributed by atoms with Gasteiger partial charge in [0.1, 0.15) is 5.39 Å². The second kappa shape index (κ2) is 5.72. The normalized spacial score (nSPS) is 16.1. The van der Waals surface area contributed by atoms with Crippen LogP contribution in [0.2, 0.25) is 5.15 Å². The van der Waals surface area contributed by atoms with Crippen molar-refractivity contribution in [2.75, 3.05) is 5.32 Å². The summed E-state index contributed by atoms with van der Waals surface area (Å²) in [6.07, 6.45) is 5.61. The van der Waals surface area contributed by atoms with E-state index in [0.717, 1.165) is 30.3 Å². The SMILES string of the molecule is Cn1c(=O)c2c(NC3CCCCC3)c(Cl)nnc2n(C)c1=O. The lowest BCUT2D eigenvalue weighted by molar-refractivity contribution is 0.463. The van der Waals surface area contributed by atoms with E-state index in [-0.39, 0.29) is 16.8 Å². The maximum absolute atomic E-state index is 12.5. The lowest BCUT2D eigenvalue weighted by Crippen LogP contribution is -2.38. The molecule has 22 heavy (non-hydrogen) atoms. The lowest BCUT2D eigenvalue weighted by Gasteiger charge is -2.24.